The second-order valence-corrected chi connectivity index (χ2v) is 4.95. The fourth-order valence-electron chi connectivity index (χ4n) is 2.05. The summed E-state index contributed by atoms with van der Waals surface area (Å²) in [5.41, 5.74) is 2.35. The molecular weight excluding hydrogens is 289 g/mol. The van der Waals surface area contributed by atoms with Crippen LogP contribution in [0.5, 0.6) is 0 Å². The molecule has 0 spiro atoms. The number of rotatable bonds is 2. The van der Waals surface area contributed by atoms with Crippen molar-refractivity contribution in [2.24, 2.45) is 0 Å². The maximum Gasteiger partial charge on any atom is 0.416 e. The highest BCUT2D eigenvalue weighted by Crippen LogP contribution is 2.34. The van der Waals surface area contributed by atoms with Gasteiger partial charge in [-0.2, -0.15) is 18.3 Å². The van der Waals surface area contributed by atoms with E-state index in [1.54, 1.807) is 6.07 Å². The first-order valence-electron chi connectivity index (χ1n) is 6.05. The van der Waals surface area contributed by atoms with Gasteiger partial charge in [-0.05, 0) is 44.0 Å². The van der Waals surface area contributed by atoms with E-state index in [1.165, 1.54) is 10.7 Å². The van der Waals surface area contributed by atoms with E-state index >= 15 is 0 Å². The van der Waals surface area contributed by atoms with E-state index in [2.05, 4.69) is 5.10 Å². The minimum Gasteiger partial charge on any atom is -0.238 e. The molecule has 2 aromatic rings. The molecule has 1 aromatic carbocycles. The molecule has 0 saturated heterocycles. The van der Waals surface area contributed by atoms with E-state index in [1.807, 2.05) is 20.8 Å². The fourth-order valence-corrected chi connectivity index (χ4v) is 2.28. The Hall–Kier alpha value is -1.49. The van der Waals surface area contributed by atoms with E-state index in [9.17, 15) is 13.2 Å². The molecule has 0 N–H and O–H groups in total. The van der Waals surface area contributed by atoms with Gasteiger partial charge in [-0.1, -0.05) is 6.07 Å². The molecule has 0 aliphatic carbocycles. The summed E-state index contributed by atoms with van der Waals surface area (Å²) >= 11 is 5.57. The third kappa shape index (κ3) is 2.54. The Labute approximate surface area is 120 Å². The first-order chi connectivity index (χ1) is 9.25. The van der Waals surface area contributed by atoms with Gasteiger partial charge >= 0.3 is 6.18 Å². The Morgan fingerprint density at radius 3 is 2.30 bits per heavy atom. The Bertz CT molecular complexity index is 645. The summed E-state index contributed by atoms with van der Waals surface area (Å²) < 4.78 is 40.6. The van der Waals surface area contributed by atoms with Crippen LogP contribution in [0.15, 0.2) is 18.2 Å². The first-order valence-corrected chi connectivity index (χ1v) is 6.58. The van der Waals surface area contributed by atoms with E-state index in [0.29, 0.717) is 5.69 Å². The highest BCUT2D eigenvalue weighted by atomic mass is 35.5. The molecule has 0 fully saturated rings. The molecule has 0 unspecified atom stereocenters. The van der Waals surface area contributed by atoms with Crippen molar-refractivity contribution in [2.75, 3.05) is 0 Å². The van der Waals surface area contributed by atoms with Crippen LogP contribution in [0, 0.1) is 20.8 Å². The van der Waals surface area contributed by atoms with Crippen LogP contribution in [-0.2, 0) is 12.1 Å². The number of alkyl halides is 4. The molecule has 0 aliphatic heterocycles. The van der Waals surface area contributed by atoms with Gasteiger partial charge in [0.05, 0.1) is 16.9 Å². The second-order valence-electron chi connectivity index (χ2n) is 4.68. The Morgan fingerprint density at radius 2 is 1.85 bits per heavy atom. The van der Waals surface area contributed by atoms with Gasteiger partial charge in [0.2, 0.25) is 0 Å². The second kappa shape index (κ2) is 5.13. The highest BCUT2D eigenvalue weighted by Gasteiger charge is 2.33. The SMILES string of the molecule is Cc1nn(-c2ccc(CCl)c(C(F)(F)F)c2)c(C)c1C. The average Bonchev–Trinajstić information content (AvgIpc) is 2.65. The number of nitrogens with zero attached hydrogens (tertiary/aromatic N) is 2. The molecule has 0 radical (unpaired) electrons. The molecule has 1 aromatic heterocycles. The molecule has 0 amide bonds. The van der Waals surface area contributed by atoms with Gasteiger partial charge in [0.15, 0.2) is 0 Å². The standard InChI is InChI=1S/C14H14ClF3N2/c1-8-9(2)19-20(10(8)3)12-5-4-11(7-15)13(6-12)14(16,17)18/h4-6H,7H2,1-3H3. The number of aromatic nitrogens is 2. The lowest BCUT2D eigenvalue weighted by Crippen LogP contribution is -2.10. The van der Waals surface area contributed by atoms with Crippen LogP contribution in [0.4, 0.5) is 13.2 Å². The molecule has 20 heavy (non-hydrogen) atoms. The molecule has 108 valence electrons. The summed E-state index contributed by atoms with van der Waals surface area (Å²) in [6, 6.07) is 4.10. The quantitative estimate of drug-likeness (QED) is 0.744. The van der Waals surface area contributed by atoms with Gasteiger partial charge < -0.3 is 0 Å². The highest BCUT2D eigenvalue weighted by molar-refractivity contribution is 6.17. The molecule has 6 heteroatoms. The third-order valence-electron chi connectivity index (χ3n) is 3.44. The number of aryl methyl sites for hydroxylation is 1. The topological polar surface area (TPSA) is 17.8 Å². The van der Waals surface area contributed by atoms with Gasteiger partial charge in [-0.15, -0.1) is 11.6 Å². The maximum absolute atomic E-state index is 13.0. The van der Waals surface area contributed by atoms with Crippen LogP contribution in [-0.4, -0.2) is 9.78 Å². The predicted molar refractivity (Wildman–Crippen MR) is 72.3 cm³/mol. The minimum atomic E-state index is -4.43. The van der Waals surface area contributed by atoms with Crippen molar-refractivity contribution in [1.82, 2.24) is 9.78 Å². The zero-order chi connectivity index (χ0) is 15.1. The van der Waals surface area contributed by atoms with Crippen LogP contribution in [0.2, 0.25) is 0 Å². The zero-order valence-corrected chi connectivity index (χ0v) is 12.1. The Kier molecular flexibility index (Phi) is 3.82. The number of hydrogen-bond acceptors (Lipinski definition) is 1. The van der Waals surface area contributed by atoms with Crippen molar-refractivity contribution in [3.63, 3.8) is 0 Å². The lowest BCUT2D eigenvalue weighted by atomic mass is 10.1. The monoisotopic (exact) mass is 302 g/mol. The average molecular weight is 303 g/mol. The summed E-state index contributed by atoms with van der Waals surface area (Å²) in [7, 11) is 0. The van der Waals surface area contributed by atoms with E-state index in [4.69, 9.17) is 11.6 Å². The normalized spacial score (nSPS) is 11.9. The minimum absolute atomic E-state index is 0.0705. The van der Waals surface area contributed by atoms with Crippen molar-refractivity contribution in [2.45, 2.75) is 32.8 Å². The van der Waals surface area contributed by atoms with Gasteiger partial charge in [0.1, 0.15) is 0 Å². The van der Waals surface area contributed by atoms with Gasteiger partial charge in [0, 0.05) is 11.6 Å². The molecule has 0 aliphatic rings. The predicted octanol–water partition coefficient (Wildman–Crippen LogP) is 4.56. The van der Waals surface area contributed by atoms with Crippen LogP contribution in [0.1, 0.15) is 28.1 Å². The first kappa shape index (κ1) is 14.9. The van der Waals surface area contributed by atoms with Gasteiger partial charge in [-0.3, -0.25) is 0 Å². The van der Waals surface area contributed by atoms with Crippen molar-refractivity contribution >= 4 is 11.6 Å². The fraction of sp³-hybridized carbons (Fsp3) is 0.357. The van der Waals surface area contributed by atoms with Gasteiger partial charge in [0.25, 0.3) is 0 Å². The zero-order valence-electron chi connectivity index (χ0n) is 11.3. The summed E-state index contributed by atoms with van der Waals surface area (Å²) in [6.45, 7) is 5.56. The molecule has 0 bridgehead atoms. The maximum atomic E-state index is 13.0. The van der Waals surface area contributed by atoms with E-state index in [-0.39, 0.29) is 11.4 Å². The summed E-state index contributed by atoms with van der Waals surface area (Å²) in [5.74, 6) is -0.175. The van der Waals surface area contributed by atoms with Crippen molar-refractivity contribution < 1.29 is 13.2 Å². The smallest absolute Gasteiger partial charge is 0.238 e. The van der Waals surface area contributed by atoms with Crippen LogP contribution in [0.3, 0.4) is 0 Å². The Balaban J connectivity index is 2.62. The third-order valence-corrected chi connectivity index (χ3v) is 3.73. The molecule has 2 rings (SSSR count). The van der Waals surface area contributed by atoms with Gasteiger partial charge in [-0.25, -0.2) is 4.68 Å². The molecular formula is C14H14ClF3N2. The van der Waals surface area contributed by atoms with E-state index < -0.39 is 11.7 Å². The lowest BCUT2D eigenvalue weighted by molar-refractivity contribution is -0.138. The number of halogens is 4. The van der Waals surface area contributed by atoms with Crippen LogP contribution < -0.4 is 0 Å². The number of hydrogen-bond donors (Lipinski definition) is 0. The largest absolute Gasteiger partial charge is 0.416 e. The number of benzene rings is 1. The molecule has 0 saturated carbocycles. The Morgan fingerprint density at radius 1 is 1.20 bits per heavy atom. The lowest BCUT2D eigenvalue weighted by Gasteiger charge is -2.14. The molecule has 1 heterocycles. The van der Waals surface area contributed by atoms with Crippen LogP contribution in [0.25, 0.3) is 5.69 Å². The summed E-state index contributed by atoms with van der Waals surface area (Å²) in [5, 5.41) is 4.27. The molecule has 2 nitrogen and oxygen atoms in total. The van der Waals surface area contributed by atoms with Crippen molar-refractivity contribution in [3.05, 3.63) is 46.3 Å². The summed E-state index contributed by atoms with van der Waals surface area (Å²) in [6.07, 6.45) is -4.43. The van der Waals surface area contributed by atoms with Crippen LogP contribution >= 0.6 is 11.6 Å². The molecule has 0 atom stereocenters. The van der Waals surface area contributed by atoms with Crippen molar-refractivity contribution in [3.8, 4) is 5.69 Å². The van der Waals surface area contributed by atoms with Crippen molar-refractivity contribution in [1.29, 1.82) is 0 Å². The van der Waals surface area contributed by atoms with E-state index in [0.717, 1.165) is 23.0 Å². The summed E-state index contributed by atoms with van der Waals surface area (Å²) in [4.78, 5) is 0.